The third-order valence-corrected chi connectivity index (χ3v) is 6.72. The molecule has 0 radical (unpaired) electrons. The van der Waals surface area contributed by atoms with E-state index in [0.29, 0.717) is 58.0 Å². The highest BCUT2D eigenvalue weighted by Gasteiger charge is 2.45. The first-order valence-corrected chi connectivity index (χ1v) is 11.7. The van der Waals surface area contributed by atoms with Crippen molar-refractivity contribution in [1.82, 2.24) is 19.9 Å². The summed E-state index contributed by atoms with van der Waals surface area (Å²) in [5, 5.41) is 1.12. The van der Waals surface area contributed by atoms with Gasteiger partial charge in [-0.3, -0.25) is 4.98 Å². The number of anilines is 2. The van der Waals surface area contributed by atoms with Gasteiger partial charge in [-0.2, -0.15) is 0 Å². The Morgan fingerprint density at radius 3 is 2.51 bits per heavy atom. The van der Waals surface area contributed by atoms with Crippen molar-refractivity contribution < 1.29 is 9.47 Å². The van der Waals surface area contributed by atoms with Gasteiger partial charge in [0.25, 0.3) is 0 Å². The van der Waals surface area contributed by atoms with Gasteiger partial charge >= 0.3 is 0 Å². The molecule has 1 saturated carbocycles. The van der Waals surface area contributed by atoms with Crippen LogP contribution in [0.2, 0.25) is 5.02 Å². The van der Waals surface area contributed by atoms with Crippen LogP contribution in [-0.2, 0) is 6.61 Å². The van der Waals surface area contributed by atoms with Crippen molar-refractivity contribution in [3.63, 3.8) is 0 Å². The van der Waals surface area contributed by atoms with Crippen LogP contribution in [-0.4, -0.2) is 46.1 Å². The number of pyridine rings is 1. The minimum atomic E-state index is 0.0778. The summed E-state index contributed by atoms with van der Waals surface area (Å²) >= 11 is 6.49. The van der Waals surface area contributed by atoms with E-state index in [1.54, 1.807) is 24.4 Å². The van der Waals surface area contributed by atoms with E-state index in [0.717, 1.165) is 24.1 Å². The normalized spacial score (nSPS) is 14.3. The van der Waals surface area contributed by atoms with Gasteiger partial charge in [0.1, 0.15) is 30.5 Å². The Morgan fingerprint density at radius 1 is 1.00 bits per heavy atom. The van der Waals surface area contributed by atoms with Gasteiger partial charge in [-0.15, -0.1) is 0 Å². The van der Waals surface area contributed by atoms with Crippen LogP contribution in [0.15, 0.2) is 54.7 Å². The number of nitrogens with zero attached hydrogens (tertiary/aromatic N) is 4. The van der Waals surface area contributed by atoms with E-state index in [4.69, 9.17) is 37.5 Å². The number of nitrogen functional groups attached to an aromatic ring is 2. The number of benzene rings is 2. The van der Waals surface area contributed by atoms with E-state index < -0.39 is 0 Å². The number of hydrogen-bond donors (Lipinski definition) is 2. The van der Waals surface area contributed by atoms with Crippen LogP contribution in [0.3, 0.4) is 0 Å². The Balaban J connectivity index is 1.39. The van der Waals surface area contributed by atoms with Gasteiger partial charge in [-0.1, -0.05) is 17.7 Å². The van der Waals surface area contributed by atoms with Gasteiger partial charge in [0.15, 0.2) is 5.82 Å². The second kappa shape index (κ2) is 9.20. The molecule has 2 aromatic carbocycles. The van der Waals surface area contributed by atoms with Gasteiger partial charge in [-0.25, -0.2) is 9.97 Å². The minimum absolute atomic E-state index is 0.0778. The fourth-order valence-electron chi connectivity index (χ4n) is 3.92. The molecule has 4 aromatic rings. The van der Waals surface area contributed by atoms with Crippen LogP contribution in [0.1, 0.15) is 18.5 Å². The van der Waals surface area contributed by atoms with Crippen LogP contribution in [0, 0.1) is 0 Å². The topological polar surface area (TPSA) is 112 Å². The predicted molar refractivity (Wildman–Crippen MR) is 139 cm³/mol. The zero-order valence-corrected chi connectivity index (χ0v) is 20.4. The number of ether oxygens (including phenoxy) is 2. The maximum atomic E-state index is 6.49. The zero-order chi connectivity index (χ0) is 24.6. The van der Waals surface area contributed by atoms with Crippen molar-refractivity contribution in [3.8, 4) is 22.9 Å². The van der Waals surface area contributed by atoms with Crippen molar-refractivity contribution in [2.45, 2.75) is 25.0 Å². The molecule has 0 saturated heterocycles. The third-order valence-electron chi connectivity index (χ3n) is 6.42. The van der Waals surface area contributed by atoms with Gasteiger partial charge < -0.3 is 25.8 Å². The second-order valence-corrected chi connectivity index (χ2v) is 9.41. The van der Waals surface area contributed by atoms with Gasteiger partial charge in [0.2, 0.25) is 0 Å². The molecule has 2 heterocycles. The molecule has 0 unspecified atom stereocenters. The molecule has 2 aromatic heterocycles. The molecule has 8 nitrogen and oxygen atoms in total. The molecule has 0 amide bonds. The second-order valence-electron chi connectivity index (χ2n) is 9.00. The van der Waals surface area contributed by atoms with E-state index in [-0.39, 0.29) is 5.54 Å². The first kappa shape index (κ1) is 23.1. The number of fused-ring (bicyclic) bond motifs is 1. The molecule has 5 rings (SSSR count). The standard InChI is InChI=1S/C26H27ClN6O2/c1-33(2)26(8-9-26)15-35-23-13-21-18(12-20(23)28)24(29)32-25(31-21)16-6-7-22(19(27)11-16)34-14-17-5-3-4-10-30-17/h3-7,10-13H,8-9,14-15,28H2,1-2H3,(H2,29,31,32). The number of rotatable bonds is 8. The number of halogens is 1. The molecular weight excluding hydrogens is 464 g/mol. The lowest BCUT2D eigenvalue weighted by Crippen LogP contribution is -2.35. The molecule has 1 aliphatic carbocycles. The van der Waals surface area contributed by atoms with Crippen molar-refractivity contribution >= 4 is 34.0 Å². The van der Waals surface area contributed by atoms with Crippen molar-refractivity contribution in [2.24, 2.45) is 0 Å². The lowest BCUT2D eigenvalue weighted by Gasteiger charge is -2.24. The summed E-state index contributed by atoms with van der Waals surface area (Å²) in [6.45, 7) is 0.886. The Bertz CT molecular complexity index is 1380. The highest BCUT2D eigenvalue weighted by Crippen LogP contribution is 2.41. The average molecular weight is 491 g/mol. The predicted octanol–water partition coefficient (Wildman–Crippen LogP) is 4.56. The summed E-state index contributed by atoms with van der Waals surface area (Å²) in [6, 6.07) is 14.7. The summed E-state index contributed by atoms with van der Waals surface area (Å²) < 4.78 is 11.9. The maximum absolute atomic E-state index is 6.49. The van der Waals surface area contributed by atoms with Gasteiger partial charge in [0, 0.05) is 23.2 Å². The highest BCUT2D eigenvalue weighted by atomic mass is 35.5. The minimum Gasteiger partial charge on any atom is -0.489 e. The molecule has 0 spiro atoms. The van der Waals surface area contributed by atoms with E-state index in [2.05, 4.69) is 29.0 Å². The highest BCUT2D eigenvalue weighted by molar-refractivity contribution is 6.32. The van der Waals surface area contributed by atoms with Gasteiger partial charge in [-0.05, 0) is 63.3 Å². The Hall–Kier alpha value is -3.62. The van der Waals surface area contributed by atoms with Crippen LogP contribution >= 0.6 is 11.6 Å². The lowest BCUT2D eigenvalue weighted by molar-refractivity contribution is 0.168. The smallest absolute Gasteiger partial charge is 0.162 e. The quantitative estimate of drug-likeness (QED) is 0.345. The Morgan fingerprint density at radius 2 is 1.83 bits per heavy atom. The lowest BCUT2D eigenvalue weighted by atomic mass is 10.1. The molecule has 0 bridgehead atoms. The van der Waals surface area contributed by atoms with E-state index >= 15 is 0 Å². The van der Waals surface area contributed by atoms with Crippen molar-refractivity contribution in [3.05, 3.63) is 65.4 Å². The molecule has 0 atom stereocenters. The van der Waals surface area contributed by atoms with Crippen LogP contribution in [0.5, 0.6) is 11.5 Å². The molecule has 1 fully saturated rings. The number of hydrogen-bond acceptors (Lipinski definition) is 8. The number of nitrogens with two attached hydrogens (primary N) is 2. The molecule has 35 heavy (non-hydrogen) atoms. The van der Waals surface area contributed by atoms with Crippen LogP contribution in [0.4, 0.5) is 11.5 Å². The summed E-state index contributed by atoms with van der Waals surface area (Å²) in [6.07, 6.45) is 3.94. The molecule has 1 aliphatic rings. The van der Waals surface area contributed by atoms with E-state index in [9.17, 15) is 0 Å². The summed E-state index contributed by atoms with van der Waals surface area (Å²) in [7, 11) is 4.14. The largest absolute Gasteiger partial charge is 0.489 e. The fourth-order valence-corrected chi connectivity index (χ4v) is 4.16. The Labute approximate surface area is 208 Å². The molecular formula is C26H27ClN6O2. The third kappa shape index (κ3) is 4.80. The van der Waals surface area contributed by atoms with Gasteiger partial charge in [0.05, 0.1) is 27.5 Å². The fraction of sp³-hybridized carbons (Fsp3) is 0.269. The molecule has 180 valence electrons. The number of aromatic nitrogens is 3. The average Bonchev–Trinajstić information content (AvgIpc) is 3.64. The van der Waals surface area contributed by atoms with Crippen LogP contribution < -0.4 is 20.9 Å². The van der Waals surface area contributed by atoms with Crippen molar-refractivity contribution in [2.75, 3.05) is 32.2 Å². The summed E-state index contributed by atoms with van der Waals surface area (Å²) in [5.41, 5.74) is 15.3. The molecule has 4 N–H and O–H groups in total. The first-order valence-electron chi connectivity index (χ1n) is 11.3. The molecule has 9 heteroatoms. The summed E-state index contributed by atoms with van der Waals surface area (Å²) in [4.78, 5) is 15.7. The number of likely N-dealkylation sites (N-methyl/N-ethyl adjacent to an activating group) is 1. The van der Waals surface area contributed by atoms with E-state index in [1.807, 2.05) is 30.3 Å². The van der Waals surface area contributed by atoms with E-state index in [1.165, 1.54) is 0 Å². The monoisotopic (exact) mass is 490 g/mol. The molecule has 0 aliphatic heterocycles. The SMILES string of the molecule is CN(C)C1(COc2cc3nc(-c4ccc(OCc5ccccn5)c(Cl)c4)nc(N)c3cc2N)CC1. The maximum Gasteiger partial charge on any atom is 0.162 e. The first-order chi connectivity index (χ1) is 16.8. The Kier molecular flexibility index (Phi) is 6.08. The van der Waals surface area contributed by atoms with Crippen molar-refractivity contribution in [1.29, 1.82) is 0 Å². The zero-order valence-electron chi connectivity index (χ0n) is 19.7. The summed E-state index contributed by atoms with van der Waals surface area (Å²) in [5.74, 6) is 1.93. The van der Waals surface area contributed by atoms with Crippen LogP contribution in [0.25, 0.3) is 22.3 Å².